The predicted octanol–water partition coefficient (Wildman–Crippen LogP) is 2.84. The molecule has 1 unspecified atom stereocenters. The Kier molecular flexibility index (Phi) is 4.90. The largest absolute Gasteiger partial charge is 0.451 e. The first-order valence-corrected chi connectivity index (χ1v) is 10.6. The molecule has 0 radical (unpaired) electrons. The Hall–Kier alpha value is -2.93. The maximum absolute atomic E-state index is 13.0. The number of hydrogen-bond acceptors (Lipinski definition) is 5. The van der Waals surface area contributed by atoms with Crippen molar-refractivity contribution in [2.24, 2.45) is 7.05 Å². The van der Waals surface area contributed by atoms with Crippen LogP contribution in [0, 0.1) is 0 Å². The van der Waals surface area contributed by atoms with Crippen LogP contribution in [-0.4, -0.2) is 38.5 Å². The summed E-state index contributed by atoms with van der Waals surface area (Å²) in [6.07, 6.45) is 7.84. The molecule has 2 aromatic heterocycles. The van der Waals surface area contributed by atoms with Gasteiger partial charge in [-0.15, -0.1) is 0 Å². The van der Waals surface area contributed by atoms with E-state index in [1.807, 2.05) is 31.3 Å². The number of aryl methyl sites for hydroxylation is 1. The molecular formula is C23H26N4O3. The van der Waals surface area contributed by atoms with Crippen LogP contribution in [0.15, 0.2) is 52.2 Å². The van der Waals surface area contributed by atoms with E-state index in [1.165, 1.54) is 19.1 Å². The minimum atomic E-state index is -0.177. The molecule has 156 valence electrons. The lowest BCUT2D eigenvalue weighted by atomic mass is 9.81. The molecule has 7 nitrogen and oxygen atoms in total. The molecule has 2 bridgehead atoms. The lowest BCUT2D eigenvalue weighted by Crippen LogP contribution is -2.56. The van der Waals surface area contributed by atoms with Crippen LogP contribution in [0.25, 0.3) is 10.9 Å². The van der Waals surface area contributed by atoms with Crippen molar-refractivity contribution in [1.29, 1.82) is 0 Å². The average molecular weight is 406 g/mol. The highest BCUT2D eigenvalue weighted by atomic mass is 16.3. The van der Waals surface area contributed by atoms with Gasteiger partial charge >= 0.3 is 0 Å². The first kappa shape index (κ1) is 19.1. The van der Waals surface area contributed by atoms with E-state index in [1.54, 1.807) is 4.57 Å². The minimum Gasteiger partial charge on any atom is -0.451 e. The van der Waals surface area contributed by atoms with E-state index in [0.29, 0.717) is 24.3 Å². The summed E-state index contributed by atoms with van der Waals surface area (Å²) in [6, 6.07) is 10.9. The van der Waals surface area contributed by atoms with Crippen LogP contribution < -0.4 is 10.9 Å². The molecule has 2 aliphatic heterocycles. The van der Waals surface area contributed by atoms with E-state index in [0.717, 1.165) is 42.1 Å². The van der Waals surface area contributed by atoms with Crippen molar-refractivity contribution in [1.82, 2.24) is 19.8 Å². The molecule has 0 aliphatic carbocycles. The molecule has 1 aromatic carbocycles. The van der Waals surface area contributed by atoms with Crippen molar-refractivity contribution in [3.8, 4) is 0 Å². The maximum Gasteiger partial charge on any atom is 0.273 e. The fourth-order valence-corrected chi connectivity index (χ4v) is 5.24. The van der Waals surface area contributed by atoms with Crippen LogP contribution in [0.4, 0.5) is 0 Å². The van der Waals surface area contributed by atoms with Crippen LogP contribution in [-0.2, 0) is 13.6 Å². The first-order valence-electron chi connectivity index (χ1n) is 10.6. The van der Waals surface area contributed by atoms with E-state index in [9.17, 15) is 9.59 Å². The van der Waals surface area contributed by atoms with Crippen LogP contribution in [0.1, 0.15) is 48.2 Å². The lowest BCUT2D eigenvalue weighted by Gasteiger charge is -2.49. The Morgan fingerprint density at radius 1 is 1.23 bits per heavy atom. The third kappa shape index (κ3) is 3.43. The van der Waals surface area contributed by atoms with Crippen LogP contribution in [0.3, 0.4) is 0 Å². The Bertz CT molecular complexity index is 1110. The van der Waals surface area contributed by atoms with Gasteiger partial charge in [-0.2, -0.15) is 0 Å². The number of carbonyl (C=O) groups is 1. The number of benzene rings is 1. The predicted molar refractivity (Wildman–Crippen MR) is 113 cm³/mol. The second-order valence-electron chi connectivity index (χ2n) is 8.52. The van der Waals surface area contributed by atoms with Gasteiger partial charge in [-0.25, -0.2) is 4.98 Å². The fraction of sp³-hybridized carbons (Fsp3) is 0.435. The second kappa shape index (κ2) is 7.72. The van der Waals surface area contributed by atoms with Gasteiger partial charge in [0, 0.05) is 37.3 Å². The van der Waals surface area contributed by atoms with E-state index in [4.69, 9.17) is 4.42 Å². The summed E-state index contributed by atoms with van der Waals surface area (Å²) in [4.78, 5) is 31.8. The number of nitrogens with one attached hydrogen (secondary N) is 1. The highest BCUT2D eigenvalue weighted by Gasteiger charge is 2.39. The molecule has 0 spiro atoms. The van der Waals surface area contributed by atoms with Crippen molar-refractivity contribution >= 4 is 16.8 Å². The monoisotopic (exact) mass is 406 g/mol. The highest BCUT2D eigenvalue weighted by Crippen LogP contribution is 2.35. The van der Waals surface area contributed by atoms with Crippen molar-refractivity contribution in [2.45, 2.75) is 56.8 Å². The number of amides is 1. The van der Waals surface area contributed by atoms with Gasteiger partial charge in [0.1, 0.15) is 6.26 Å². The summed E-state index contributed by atoms with van der Waals surface area (Å²) in [5.41, 5.74) is 2.20. The molecule has 7 heteroatoms. The Morgan fingerprint density at radius 3 is 2.73 bits per heavy atom. The van der Waals surface area contributed by atoms with Gasteiger partial charge < -0.3 is 14.3 Å². The Balaban J connectivity index is 1.35. The van der Waals surface area contributed by atoms with Gasteiger partial charge in [0.15, 0.2) is 12.1 Å². The standard InChI is InChI=1S/C23H26N4O3/c1-26-21-8-3-2-5-15(21)9-16(23(26)29)12-27-18-6-4-7-19(27)11-17(10-18)25-22(28)20-13-30-14-24-20/h2-3,5,8-9,13-14,17-19H,4,6-7,10-12H2,1H3,(H,25,28)/t17?,18-,19+. The van der Waals surface area contributed by atoms with Crippen LogP contribution >= 0.6 is 0 Å². The summed E-state index contributed by atoms with van der Waals surface area (Å²) < 4.78 is 6.68. The van der Waals surface area contributed by atoms with Crippen LogP contribution in [0.5, 0.6) is 0 Å². The molecule has 0 saturated carbocycles. The molecule has 4 heterocycles. The molecule has 2 saturated heterocycles. The van der Waals surface area contributed by atoms with Gasteiger partial charge in [-0.3, -0.25) is 14.5 Å². The molecular weight excluding hydrogens is 380 g/mol. The van der Waals surface area contributed by atoms with Gasteiger partial charge in [0.05, 0.1) is 5.52 Å². The third-order valence-corrected chi connectivity index (χ3v) is 6.69. The Labute approximate surface area is 174 Å². The summed E-state index contributed by atoms with van der Waals surface area (Å²) in [6.45, 7) is 0.663. The van der Waals surface area contributed by atoms with Crippen molar-refractivity contribution < 1.29 is 9.21 Å². The fourth-order valence-electron chi connectivity index (χ4n) is 5.24. The lowest BCUT2D eigenvalue weighted by molar-refractivity contribution is 0.0173. The zero-order valence-electron chi connectivity index (χ0n) is 17.1. The zero-order valence-corrected chi connectivity index (χ0v) is 17.1. The average Bonchev–Trinajstić information content (AvgIpc) is 3.27. The minimum absolute atomic E-state index is 0.0771. The van der Waals surface area contributed by atoms with Crippen molar-refractivity contribution in [3.63, 3.8) is 0 Å². The van der Waals surface area contributed by atoms with Gasteiger partial charge in [-0.1, -0.05) is 24.6 Å². The number of carbonyl (C=O) groups excluding carboxylic acids is 1. The molecule has 2 aliphatic rings. The summed E-state index contributed by atoms with van der Waals surface area (Å²) >= 11 is 0. The molecule has 3 aromatic rings. The summed E-state index contributed by atoms with van der Waals surface area (Å²) in [7, 11) is 1.85. The van der Waals surface area contributed by atoms with Gasteiger partial charge in [-0.05, 0) is 43.2 Å². The number of nitrogens with zero attached hydrogens (tertiary/aromatic N) is 3. The number of oxazole rings is 1. The first-order chi connectivity index (χ1) is 14.6. The Morgan fingerprint density at radius 2 is 2.00 bits per heavy atom. The number of pyridine rings is 1. The number of rotatable bonds is 4. The topological polar surface area (TPSA) is 80.4 Å². The number of fused-ring (bicyclic) bond motifs is 3. The normalized spacial score (nSPS) is 24.1. The number of aromatic nitrogens is 2. The van der Waals surface area contributed by atoms with E-state index >= 15 is 0 Å². The summed E-state index contributed by atoms with van der Waals surface area (Å²) in [5, 5.41) is 4.22. The molecule has 1 amide bonds. The summed E-state index contributed by atoms with van der Waals surface area (Å²) in [5.74, 6) is -0.177. The maximum atomic E-state index is 13.0. The molecule has 3 atom stereocenters. The van der Waals surface area contributed by atoms with Crippen LogP contribution in [0.2, 0.25) is 0 Å². The molecule has 2 fully saturated rings. The van der Waals surface area contributed by atoms with Gasteiger partial charge in [0.25, 0.3) is 11.5 Å². The second-order valence-corrected chi connectivity index (χ2v) is 8.52. The highest BCUT2D eigenvalue weighted by molar-refractivity contribution is 5.92. The number of piperidine rings is 2. The number of para-hydroxylation sites is 1. The van der Waals surface area contributed by atoms with Gasteiger partial charge in [0.2, 0.25) is 0 Å². The molecule has 30 heavy (non-hydrogen) atoms. The smallest absolute Gasteiger partial charge is 0.273 e. The number of hydrogen-bond donors (Lipinski definition) is 1. The van der Waals surface area contributed by atoms with E-state index in [2.05, 4.69) is 21.3 Å². The molecule has 5 rings (SSSR count). The van der Waals surface area contributed by atoms with Crippen molar-refractivity contribution in [3.05, 3.63) is 64.6 Å². The van der Waals surface area contributed by atoms with E-state index < -0.39 is 0 Å². The SMILES string of the molecule is Cn1c(=O)c(CN2[C@@H]3CCC[C@H]2CC(NC(=O)c2cocn2)C3)cc2ccccc21. The molecule has 1 N–H and O–H groups in total. The van der Waals surface area contributed by atoms with E-state index in [-0.39, 0.29) is 17.5 Å². The quantitative estimate of drug-likeness (QED) is 0.721. The third-order valence-electron chi connectivity index (χ3n) is 6.69. The zero-order chi connectivity index (χ0) is 20.7. The van der Waals surface area contributed by atoms with Crippen molar-refractivity contribution in [2.75, 3.05) is 0 Å².